The van der Waals surface area contributed by atoms with E-state index in [1.165, 1.54) is 0 Å². The molecule has 1 aliphatic rings. The highest BCUT2D eigenvalue weighted by atomic mass is 19.1. The lowest BCUT2D eigenvalue weighted by Crippen LogP contribution is -2.20. The molecule has 4 rings (SSSR count). The number of halogens is 2. The monoisotopic (exact) mass is 352 g/mol. The number of nitrogens with zero attached hydrogens (tertiary/aromatic N) is 1. The Labute approximate surface area is 148 Å². The minimum atomic E-state index is -0.981. The lowest BCUT2D eigenvalue weighted by atomic mass is 9.95. The summed E-state index contributed by atoms with van der Waals surface area (Å²) in [7, 11) is 0. The molecule has 1 fully saturated rings. The van der Waals surface area contributed by atoms with Crippen LogP contribution in [0.25, 0.3) is 11.1 Å². The molecule has 130 valence electrons. The van der Waals surface area contributed by atoms with Gasteiger partial charge in [-0.1, -0.05) is 30.3 Å². The molecule has 4 nitrogen and oxygen atoms in total. The molecule has 26 heavy (non-hydrogen) atoms. The second-order valence-corrected chi connectivity index (χ2v) is 5.99. The third-order valence-electron chi connectivity index (χ3n) is 4.30. The van der Waals surface area contributed by atoms with Gasteiger partial charge in [-0.3, -0.25) is 4.98 Å². The molecule has 1 N–H and O–H groups in total. The van der Waals surface area contributed by atoms with Crippen LogP contribution in [0.3, 0.4) is 0 Å². The van der Waals surface area contributed by atoms with E-state index in [0.29, 0.717) is 5.56 Å². The summed E-state index contributed by atoms with van der Waals surface area (Å²) in [6.45, 7) is 0. The summed E-state index contributed by atoms with van der Waals surface area (Å²) in [5, 5.41) is 2.65. The lowest BCUT2D eigenvalue weighted by molar-refractivity contribution is 0.130. The van der Waals surface area contributed by atoms with Crippen molar-refractivity contribution in [2.75, 3.05) is 0 Å². The first-order valence-corrected chi connectivity index (χ1v) is 8.04. The summed E-state index contributed by atoms with van der Waals surface area (Å²) >= 11 is 0. The standard InChI is InChI=1S/C20H14F2N2O2/c21-15-6-7-17(22)16(9-15)19-18(24-20(25)26-19)14-8-13(10-23-11-14)12-4-2-1-3-5-12/h1-11,18-19H,(H,24,25)/t18-,19-/m1/s1. The van der Waals surface area contributed by atoms with Gasteiger partial charge in [-0.2, -0.15) is 0 Å². The van der Waals surface area contributed by atoms with Crippen molar-refractivity contribution in [1.29, 1.82) is 0 Å². The molecule has 1 aromatic heterocycles. The molecule has 0 radical (unpaired) electrons. The molecule has 2 heterocycles. The van der Waals surface area contributed by atoms with E-state index in [2.05, 4.69) is 10.3 Å². The minimum Gasteiger partial charge on any atom is -0.439 e. The molecule has 1 amide bonds. The van der Waals surface area contributed by atoms with Gasteiger partial charge in [-0.05, 0) is 35.4 Å². The largest absolute Gasteiger partial charge is 0.439 e. The van der Waals surface area contributed by atoms with Crippen LogP contribution in [0.2, 0.25) is 0 Å². The Kier molecular flexibility index (Phi) is 4.08. The van der Waals surface area contributed by atoms with Gasteiger partial charge < -0.3 is 10.1 Å². The molecule has 0 aliphatic carbocycles. The van der Waals surface area contributed by atoms with Crippen LogP contribution in [-0.4, -0.2) is 11.1 Å². The number of alkyl carbamates (subject to hydrolysis) is 1. The van der Waals surface area contributed by atoms with Crippen LogP contribution in [0, 0.1) is 11.6 Å². The number of benzene rings is 2. The van der Waals surface area contributed by atoms with E-state index < -0.39 is 29.9 Å². The van der Waals surface area contributed by atoms with Crippen LogP contribution in [0.5, 0.6) is 0 Å². The van der Waals surface area contributed by atoms with Gasteiger partial charge in [0.25, 0.3) is 0 Å². The topological polar surface area (TPSA) is 51.2 Å². The fourth-order valence-electron chi connectivity index (χ4n) is 3.07. The lowest BCUT2D eigenvalue weighted by Gasteiger charge is -2.18. The van der Waals surface area contributed by atoms with E-state index in [1.54, 1.807) is 12.4 Å². The number of aromatic nitrogens is 1. The molecule has 1 saturated heterocycles. The predicted octanol–water partition coefficient (Wildman–Crippen LogP) is 4.55. The maximum Gasteiger partial charge on any atom is 0.408 e. The van der Waals surface area contributed by atoms with Crippen molar-refractivity contribution in [3.8, 4) is 11.1 Å². The summed E-state index contributed by atoms with van der Waals surface area (Å²) in [4.78, 5) is 16.0. The first-order valence-electron chi connectivity index (χ1n) is 8.04. The molecule has 0 saturated carbocycles. The van der Waals surface area contributed by atoms with Gasteiger partial charge in [0.15, 0.2) is 6.10 Å². The minimum absolute atomic E-state index is 0.0153. The van der Waals surface area contributed by atoms with Crippen LogP contribution < -0.4 is 5.32 Å². The van der Waals surface area contributed by atoms with Crippen molar-refractivity contribution in [3.63, 3.8) is 0 Å². The van der Waals surface area contributed by atoms with Gasteiger partial charge in [0, 0.05) is 23.5 Å². The molecule has 3 aromatic rings. The molecule has 2 aromatic carbocycles. The number of rotatable bonds is 3. The van der Waals surface area contributed by atoms with Crippen molar-refractivity contribution in [1.82, 2.24) is 10.3 Å². The highest BCUT2D eigenvalue weighted by Gasteiger charge is 2.38. The number of hydrogen-bond donors (Lipinski definition) is 1. The average Bonchev–Trinajstić information content (AvgIpc) is 3.06. The SMILES string of the molecule is O=C1N[C@H](c2cncc(-c3ccccc3)c2)[C@@H](c2cc(F)ccc2F)O1. The van der Waals surface area contributed by atoms with Crippen molar-refractivity contribution in [2.45, 2.75) is 12.1 Å². The smallest absolute Gasteiger partial charge is 0.408 e. The van der Waals surface area contributed by atoms with E-state index >= 15 is 0 Å². The average molecular weight is 352 g/mol. The molecule has 2 atom stereocenters. The van der Waals surface area contributed by atoms with Crippen LogP contribution >= 0.6 is 0 Å². The summed E-state index contributed by atoms with van der Waals surface area (Å²) in [5.74, 6) is -1.23. The van der Waals surface area contributed by atoms with E-state index in [4.69, 9.17) is 4.74 Å². The maximum absolute atomic E-state index is 14.2. The van der Waals surface area contributed by atoms with Gasteiger partial charge in [0.05, 0.1) is 0 Å². The number of amides is 1. The van der Waals surface area contributed by atoms with E-state index in [9.17, 15) is 13.6 Å². The molecular weight excluding hydrogens is 338 g/mol. The zero-order chi connectivity index (χ0) is 18.1. The first kappa shape index (κ1) is 16.2. The second kappa shape index (κ2) is 6.55. The normalized spacial score (nSPS) is 19.1. The van der Waals surface area contributed by atoms with Crippen LogP contribution in [0.1, 0.15) is 23.3 Å². The number of pyridine rings is 1. The van der Waals surface area contributed by atoms with Gasteiger partial charge in [0.2, 0.25) is 0 Å². The fourth-order valence-corrected chi connectivity index (χ4v) is 3.07. The Hall–Kier alpha value is -3.28. The number of carbonyl (C=O) groups is 1. The van der Waals surface area contributed by atoms with E-state index in [1.807, 2.05) is 36.4 Å². The molecule has 0 unspecified atom stereocenters. The number of carbonyl (C=O) groups excluding carboxylic acids is 1. The third-order valence-corrected chi connectivity index (χ3v) is 4.30. The quantitative estimate of drug-likeness (QED) is 0.752. The molecule has 0 spiro atoms. The Morgan fingerprint density at radius 1 is 0.962 bits per heavy atom. The Morgan fingerprint density at radius 2 is 1.77 bits per heavy atom. The molecule has 6 heteroatoms. The third kappa shape index (κ3) is 3.01. The highest BCUT2D eigenvalue weighted by Crippen LogP contribution is 2.38. The zero-order valence-electron chi connectivity index (χ0n) is 13.5. The number of nitrogens with one attached hydrogen (secondary N) is 1. The van der Waals surface area contributed by atoms with Gasteiger partial charge in [-0.15, -0.1) is 0 Å². The summed E-state index contributed by atoms with van der Waals surface area (Å²) in [6.07, 6.45) is 1.62. The van der Waals surface area contributed by atoms with Gasteiger partial charge >= 0.3 is 6.09 Å². The Balaban J connectivity index is 1.74. The van der Waals surface area contributed by atoms with E-state index in [-0.39, 0.29) is 5.56 Å². The number of cyclic esters (lactones) is 1. The summed E-state index contributed by atoms with van der Waals surface area (Å²) < 4.78 is 33.0. The molecule has 1 aliphatic heterocycles. The number of ether oxygens (including phenoxy) is 1. The van der Waals surface area contributed by atoms with Crippen LogP contribution in [0.15, 0.2) is 67.0 Å². The zero-order valence-corrected chi connectivity index (χ0v) is 13.5. The Bertz CT molecular complexity index is 963. The van der Waals surface area contributed by atoms with Gasteiger partial charge in [-0.25, -0.2) is 13.6 Å². The summed E-state index contributed by atoms with van der Waals surface area (Å²) in [6, 6.07) is 13.9. The fraction of sp³-hybridized carbons (Fsp3) is 0.100. The van der Waals surface area contributed by atoms with Crippen molar-refractivity contribution in [2.24, 2.45) is 0 Å². The van der Waals surface area contributed by atoms with Crippen LogP contribution in [0.4, 0.5) is 13.6 Å². The highest BCUT2D eigenvalue weighted by molar-refractivity contribution is 5.72. The Morgan fingerprint density at radius 3 is 2.58 bits per heavy atom. The van der Waals surface area contributed by atoms with Gasteiger partial charge in [0.1, 0.15) is 17.7 Å². The summed E-state index contributed by atoms with van der Waals surface area (Å²) in [5.41, 5.74) is 2.44. The van der Waals surface area contributed by atoms with Crippen LogP contribution in [-0.2, 0) is 4.74 Å². The van der Waals surface area contributed by atoms with Crippen molar-refractivity contribution in [3.05, 3.63) is 89.8 Å². The van der Waals surface area contributed by atoms with E-state index in [0.717, 1.165) is 29.3 Å². The van der Waals surface area contributed by atoms with Crippen molar-refractivity contribution < 1.29 is 18.3 Å². The molecule has 0 bridgehead atoms. The predicted molar refractivity (Wildman–Crippen MR) is 91.1 cm³/mol. The molecular formula is C20H14F2N2O2. The maximum atomic E-state index is 14.2. The number of hydrogen-bond acceptors (Lipinski definition) is 3. The second-order valence-electron chi connectivity index (χ2n) is 5.99. The first-order chi connectivity index (χ1) is 12.6. The van der Waals surface area contributed by atoms with Crippen molar-refractivity contribution >= 4 is 6.09 Å².